The fourth-order valence-corrected chi connectivity index (χ4v) is 3.15. The van der Waals surface area contributed by atoms with Gasteiger partial charge < -0.3 is 14.9 Å². The fourth-order valence-electron chi connectivity index (χ4n) is 3.15. The smallest absolute Gasteiger partial charge is 0.164 e. The summed E-state index contributed by atoms with van der Waals surface area (Å²) >= 11 is 0. The van der Waals surface area contributed by atoms with E-state index in [0.29, 0.717) is 29.0 Å². The molecule has 0 unspecified atom stereocenters. The lowest BCUT2D eigenvalue weighted by atomic mass is 10.1. The van der Waals surface area contributed by atoms with Gasteiger partial charge in [0.15, 0.2) is 11.5 Å². The Morgan fingerprint density at radius 1 is 1.04 bits per heavy atom. The van der Waals surface area contributed by atoms with Gasteiger partial charge in [-0.25, -0.2) is 9.97 Å². The summed E-state index contributed by atoms with van der Waals surface area (Å²) in [5, 5.41) is 20.5. The number of phenols is 2. The van der Waals surface area contributed by atoms with Crippen LogP contribution in [-0.2, 0) is 6.42 Å². The van der Waals surface area contributed by atoms with Crippen molar-refractivity contribution in [2.75, 3.05) is 7.11 Å². The molecule has 6 nitrogen and oxygen atoms in total. The second-order valence-electron chi connectivity index (χ2n) is 6.17. The number of pyridine rings is 1. The zero-order valence-electron chi connectivity index (χ0n) is 15.0. The molecule has 2 aromatic carbocycles. The number of hydrogen-bond donors (Lipinski definition) is 2. The van der Waals surface area contributed by atoms with Crippen LogP contribution in [0.25, 0.3) is 28.2 Å². The molecule has 0 saturated heterocycles. The van der Waals surface area contributed by atoms with E-state index in [-0.39, 0.29) is 11.5 Å². The number of ether oxygens (including phenoxy) is 1. The standard InChI is InChI=1S/C21H19N3O3/c1-3-13-11-16(19(26)12-18(13)25)20-23-17-5-4-10-22-21(17)24(20)14-6-8-15(27-2)9-7-14/h4-12,25-26H,3H2,1-2H3. The van der Waals surface area contributed by atoms with Gasteiger partial charge in [0, 0.05) is 18.0 Å². The van der Waals surface area contributed by atoms with Crippen molar-refractivity contribution in [1.29, 1.82) is 0 Å². The first-order valence-corrected chi connectivity index (χ1v) is 8.65. The van der Waals surface area contributed by atoms with Crippen molar-refractivity contribution >= 4 is 11.2 Å². The lowest BCUT2D eigenvalue weighted by molar-refractivity contribution is 0.414. The third-order valence-electron chi connectivity index (χ3n) is 4.57. The van der Waals surface area contributed by atoms with Crippen LogP contribution in [0.5, 0.6) is 17.2 Å². The van der Waals surface area contributed by atoms with Crippen LogP contribution in [0, 0.1) is 0 Å². The SMILES string of the molecule is CCc1cc(-c2nc3cccnc3n2-c2ccc(OC)cc2)c(O)cc1O. The van der Waals surface area contributed by atoms with Gasteiger partial charge in [-0.15, -0.1) is 0 Å². The molecule has 4 rings (SSSR count). The summed E-state index contributed by atoms with van der Waals surface area (Å²) in [7, 11) is 1.62. The molecule has 2 heterocycles. The third-order valence-corrected chi connectivity index (χ3v) is 4.57. The number of nitrogens with zero attached hydrogens (tertiary/aromatic N) is 3. The number of methoxy groups -OCH3 is 1. The number of phenolic OH excluding ortho intramolecular Hbond substituents is 2. The maximum absolute atomic E-state index is 10.5. The maximum Gasteiger partial charge on any atom is 0.164 e. The molecule has 0 aliphatic rings. The first kappa shape index (κ1) is 16.9. The van der Waals surface area contributed by atoms with Gasteiger partial charge in [-0.3, -0.25) is 4.57 Å². The molecule has 6 heteroatoms. The van der Waals surface area contributed by atoms with Crippen molar-refractivity contribution in [1.82, 2.24) is 14.5 Å². The normalized spacial score (nSPS) is 11.0. The van der Waals surface area contributed by atoms with Crippen molar-refractivity contribution in [3.8, 4) is 34.3 Å². The molecular weight excluding hydrogens is 342 g/mol. The number of aromatic nitrogens is 3. The number of fused-ring (bicyclic) bond motifs is 1. The number of rotatable bonds is 4. The van der Waals surface area contributed by atoms with Crippen LogP contribution in [0.4, 0.5) is 0 Å². The highest BCUT2D eigenvalue weighted by Gasteiger charge is 2.19. The highest BCUT2D eigenvalue weighted by atomic mass is 16.5. The summed E-state index contributed by atoms with van der Waals surface area (Å²) in [6.07, 6.45) is 2.35. The maximum atomic E-state index is 10.5. The van der Waals surface area contributed by atoms with Crippen LogP contribution in [-0.4, -0.2) is 31.9 Å². The first-order chi connectivity index (χ1) is 13.1. The van der Waals surface area contributed by atoms with Crippen LogP contribution >= 0.6 is 0 Å². The topological polar surface area (TPSA) is 80.4 Å². The van der Waals surface area contributed by atoms with E-state index < -0.39 is 0 Å². The number of benzene rings is 2. The minimum Gasteiger partial charge on any atom is -0.508 e. The summed E-state index contributed by atoms with van der Waals surface area (Å²) in [5.74, 6) is 1.35. The lowest BCUT2D eigenvalue weighted by Crippen LogP contribution is -1.99. The second kappa shape index (κ2) is 6.64. The number of aryl methyl sites for hydroxylation is 1. The Labute approximate surface area is 156 Å². The Balaban J connectivity index is 2.01. The molecule has 2 N–H and O–H groups in total. The van der Waals surface area contributed by atoms with Gasteiger partial charge in [0.25, 0.3) is 0 Å². The van der Waals surface area contributed by atoms with Gasteiger partial charge in [-0.2, -0.15) is 0 Å². The number of aromatic hydroxyl groups is 2. The Hall–Kier alpha value is -3.54. The molecule has 4 aromatic rings. The van der Waals surface area contributed by atoms with Crippen molar-refractivity contribution in [3.63, 3.8) is 0 Å². The molecule has 27 heavy (non-hydrogen) atoms. The van der Waals surface area contributed by atoms with E-state index in [2.05, 4.69) is 4.98 Å². The second-order valence-corrected chi connectivity index (χ2v) is 6.17. The van der Waals surface area contributed by atoms with E-state index in [1.54, 1.807) is 19.4 Å². The molecule has 0 fully saturated rings. The minimum atomic E-state index is -0.0326. The van der Waals surface area contributed by atoms with Crippen LogP contribution in [0.2, 0.25) is 0 Å². The lowest BCUT2D eigenvalue weighted by Gasteiger charge is -2.12. The highest BCUT2D eigenvalue weighted by Crippen LogP contribution is 2.37. The monoisotopic (exact) mass is 361 g/mol. The highest BCUT2D eigenvalue weighted by molar-refractivity contribution is 5.82. The van der Waals surface area contributed by atoms with Gasteiger partial charge in [0.2, 0.25) is 0 Å². The van der Waals surface area contributed by atoms with E-state index >= 15 is 0 Å². The zero-order valence-corrected chi connectivity index (χ0v) is 15.0. The predicted molar refractivity (Wildman–Crippen MR) is 104 cm³/mol. The predicted octanol–water partition coefficient (Wildman–Crippen LogP) is 4.07. The van der Waals surface area contributed by atoms with Crippen molar-refractivity contribution < 1.29 is 14.9 Å². The Morgan fingerprint density at radius 3 is 2.52 bits per heavy atom. The average molecular weight is 361 g/mol. The van der Waals surface area contributed by atoms with Gasteiger partial charge in [-0.1, -0.05) is 6.92 Å². The quantitative estimate of drug-likeness (QED) is 0.573. The van der Waals surface area contributed by atoms with E-state index in [0.717, 1.165) is 17.0 Å². The number of hydrogen-bond acceptors (Lipinski definition) is 5. The van der Waals surface area contributed by atoms with Crippen LogP contribution in [0.3, 0.4) is 0 Å². The van der Waals surface area contributed by atoms with Crippen molar-refractivity contribution in [2.45, 2.75) is 13.3 Å². The van der Waals surface area contributed by atoms with Crippen LogP contribution < -0.4 is 4.74 Å². The minimum absolute atomic E-state index is 0.0326. The molecule has 0 aliphatic carbocycles. The summed E-state index contributed by atoms with van der Waals surface area (Å²) < 4.78 is 7.13. The fraction of sp³-hybridized carbons (Fsp3) is 0.143. The summed E-state index contributed by atoms with van der Waals surface area (Å²) in [4.78, 5) is 9.17. The molecule has 0 aliphatic heterocycles. The van der Waals surface area contributed by atoms with Crippen molar-refractivity contribution in [2.24, 2.45) is 0 Å². The van der Waals surface area contributed by atoms with Gasteiger partial charge in [-0.05, 0) is 54.4 Å². The summed E-state index contributed by atoms with van der Waals surface area (Å²) in [5.41, 5.74) is 3.53. The average Bonchev–Trinajstić information content (AvgIpc) is 3.07. The number of imidazole rings is 1. The van der Waals surface area contributed by atoms with Crippen LogP contribution in [0.1, 0.15) is 12.5 Å². The largest absolute Gasteiger partial charge is 0.508 e. The third kappa shape index (κ3) is 2.85. The molecular formula is C21H19N3O3. The Kier molecular flexibility index (Phi) is 4.16. The van der Waals surface area contributed by atoms with E-state index in [4.69, 9.17) is 9.72 Å². The van der Waals surface area contributed by atoms with E-state index in [1.807, 2.05) is 47.9 Å². The molecule has 0 spiro atoms. The zero-order chi connectivity index (χ0) is 19.0. The first-order valence-electron chi connectivity index (χ1n) is 8.65. The van der Waals surface area contributed by atoms with Gasteiger partial charge in [0.05, 0.1) is 12.7 Å². The van der Waals surface area contributed by atoms with Gasteiger partial charge >= 0.3 is 0 Å². The van der Waals surface area contributed by atoms with Crippen LogP contribution in [0.15, 0.2) is 54.7 Å². The Morgan fingerprint density at radius 2 is 1.81 bits per heavy atom. The van der Waals surface area contributed by atoms with E-state index in [9.17, 15) is 10.2 Å². The molecule has 0 saturated carbocycles. The van der Waals surface area contributed by atoms with Crippen molar-refractivity contribution in [3.05, 3.63) is 60.3 Å². The Bertz CT molecular complexity index is 1120. The molecule has 0 bridgehead atoms. The summed E-state index contributed by atoms with van der Waals surface area (Å²) in [6, 6.07) is 14.4. The molecule has 0 amide bonds. The molecule has 2 aromatic heterocycles. The molecule has 0 radical (unpaired) electrons. The van der Waals surface area contributed by atoms with E-state index in [1.165, 1.54) is 6.07 Å². The molecule has 136 valence electrons. The summed E-state index contributed by atoms with van der Waals surface area (Å²) in [6.45, 7) is 1.95. The molecule has 0 atom stereocenters. The van der Waals surface area contributed by atoms with Gasteiger partial charge in [0.1, 0.15) is 22.8 Å².